The Hall–Kier alpha value is -2.04. The average Bonchev–Trinajstić information content (AvgIpc) is 2.61. The summed E-state index contributed by atoms with van der Waals surface area (Å²) in [4.78, 5) is 22.0. The van der Waals surface area contributed by atoms with Crippen LogP contribution in [0.25, 0.3) is 11.1 Å². The minimum absolute atomic E-state index is 0.135. The van der Waals surface area contributed by atoms with Crippen molar-refractivity contribution >= 4 is 17.1 Å². The first-order valence-electron chi connectivity index (χ1n) is 6.27. The summed E-state index contributed by atoms with van der Waals surface area (Å²) < 4.78 is 6.59. The Morgan fingerprint density at radius 3 is 2.89 bits per heavy atom. The van der Waals surface area contributed by atoms with E-state index in [2.05, 4.69) is 0 Å². The van der Waals surface area contributed by atoms with Crippen molar-refractivity contribution in [3.63, 3.8) is 0 Å². The highest BCUT2D eigenvalue weighted by Gasteiger charge is 2.10. The van der Waals surface area contributed by atoms with Gasteiger partial charge in [-0.25, -0.2) is 4.79 Å². The maximum atomic E-state index is 11.4. The first-order valence-corrected chi connectivity index (χ1v) is 6.27. The Morgan fingerprint density at radius 2 is 2.21 bits per heavy atom. The van der Waals surface area contributed by atoms with Crippen LogP contribution >= 0.6 is 0 Å². The molecule has 0 aliphatic carbocycles. The van der Waals surface area contributed by atoms with Gasteiger partial charge in [-0.3, -0.25) is 9.36 Å². The van der Waals surface area contributed by atoms with Gasteiger partial charge < -0.3 is 9.52 Å². The lowest BCUT2D eigenvalue weighted by Gasteiger charge is -2.08. The zero-order valence-electron chi connectivity index (χ0n) is 11.0. The second kappa shape index (κ2) is 5.30. The Labute approximate surface area is 110 Å². The van der Waals surface area contributed by atoms with E-state index in [4.69, 9.17) is 9.52 Å². The van der Waals surface area contributed by atoms with E-state index < -0.39 is 5.97 Å². The van der Waals surface area contributed by atoms with Crippen LogP contribution in [0, 0.1) is 5.92 Å². The Morgan fingerprint density at radius 1 is 1.47 bits per heavy atom. The summed E-state index contributed by atoms with van der Waals surface area (Å²) in [7, 11) is 1.67. The number of oxazole rings is 1. The smallest absolute Gasteiger partial charge is 0.419 e. The van der Waals surface area contributed by atoms with Gasteiger partial charge in [-0.15, -0.1) is 0 Å². The summed E-state index contributed by atoms with van der Waals surface area (Å²) in [5.74, 6) is -1.00. The molecule has 1 heterocycles. The van der Waals surface area contributed by atoms with Gasteiger partial charge in [-0.2, -0.15) is 0 Å². The maximum Gasteiger partial charge on any atom is 0.419 e. The minimum atomic E-state index is -0.767. The zero-order chi connectivity index (χ0) is 14.0. The summed E-state index contributed by atoms with van der Waals surface area (Å²) in [5.41, 5.74) is 2.40. The monoisotopic (exact) mass is 263 g/mol. The van der Waals surface area contributed by atoms with Crippen LogP contribution in [-0.2, 0) is 18.3 Å². The summed E-state index contributed by atoms with van der Waals surface area (Å²) in [6.07, 6.45) is 1.76. The Kier molecular flexibility index (Phi) is 3.74. The Bertz CT molecular complexity index is 653. The summed E-state index contributed by atoms with van der Waals surface area (Å²) in [5, 5.41) is 8.70. The van der Waals surface area contributed by atoms with Gasteiger partial charge in [0.25, 0.3) is 0 Å². The van der Waals surface area contributed by atoms with Crippen molar-refractivity contribution in [2.45, 2.75) is 26.2 Å². The van der Waals surface area contributed by atoms with Crippen molar-refractivity contribution in [1.82, 2.24) is 4.57 Å². The van der Waals surface area contributed by atoms with Crippen molar-refractivity contribution in [1.29, 1.82) is 0 Å². The highest BCUT2D eigenvalue weighted by molar-refractivity contribution is 5.73. The van der Waals surface area contributed by atoms with Gasteiger partial charge >= 0.3 is 11.7 Å². The third kappa shape index (κ3) is 3.05. The highest BCUT2D eigenvalue weighted by Crippen LogP contribution is 2.18. The molecule has 0 saturated heterocycles. The summed E-state index contributed by atoms with van der Waals surface area (Å²) in [6, 6.07) is 5.66. The number of rotatable bonds is 5. The molecule has 1 aromatic heterocycles. The van der Waals surface area contributed by atoms with Crippen molar-refractivity contribution in [2.24, 2.45) is 13.0 Å². The first kappa shape index (κ1) is 13.4. The van der Waals surface area contributed by atoms with Gasteiger partial charge in [0, 0.05) is 13.5 Å². The van der Waals surface area contributed by atoms with Gasteiger partial charge in [0.05, 0.1) is 5.52 Å². The topological polar surface area (TPSA) is 72.4 Å². The SMILES string of the molecule is CC(CCc1ccc2c(c1)oc(=O)n2C)CC(=O)O. The molecule has 0 amide bonds. The van der Waals surface area contributed by atoms with Crippen LogP contribution in [0.15, 0.2) is 27.4 Å². The van der Waals surface area contributed by atoms with Gasteiger partial charge in [-0.05, 0) is 36.5 Å². The number of nitrogens with zero attached hydrogens (tertiary/aromatic N) is 1. The van der Waals surface area contributed by atoms with Gasteiger partial charge in [-0.1, -0.05) is 13.0 Å². The molecule has 102 valence electrons. The van der Waals surface area contributed by atoms with E-state index in [0.717, 1.165) is 23.9 Å². The quantitative estimate of drug-likeness (QED) is 0.897. The van der Waals surface area contributed by atoms with Crippen LogP contribution in [0.2, 0.25) is 0 Å². The number of aromatic nitrogens is 1. The second-order valence-corrected chi connectivity index (χ2v) is 4.97. The van der Waals surface area contributed by atoms with Crippen LogP contribution in [-0.4, -0.2) is 15.6 Å². The van der Waals surface area contributed by atoms with E-state index in [9.17, 15) is 9.59 Å². The molecule has 1 atom stereocenters. The maximum absolute atomic E-state index is 11.4. The Balaban J connectivity index is 2.09. The lowest BCUT2D eigenvalue weighted by molar-refractivity contribution is -0.138. The molecule has 1 N–H and O–H groups in total. The molecule has 5 nitrogen and oxygen atoms in total. The molecule has 0 aliphatic heterocycles. The molecule has 0 aliphatic rings. The molecular weight excluding hydrogens is 246 g/mol. The fourth-order valence-corrected chi connectivity index (χ4v) is 2.15. The molecule has 0 radical (unpaired) electrons. The first-order chi connectivity index (χ1) is 8.97. The van der Waals surface area contributed by atoms with E-state index in [0.29, 0.717) is 5.58 Å². The molecule has 2 rings (SSSR count). The number of aliphatic carboxylic acids is 1. The third-order valence-electron chi connectivity index (χ3n) is 3.31. The van der Waals surface area contributed by atoms with Crippen molar-refractivity contribution in [3.8, 4) is 0 Å². The highest BCUT2D eigenvalue weighted by atomic mass is 16.4. The van der Waals surface area contributed by atoms with E-state index >= 15 is 0 Å². The summed E-state index contributed by atoms with van der Waals surface area (Å²) >= 11 is 0. The molecule has 1 aromatic carbocycles. The zero-order valence-corrected chi connectivity index (χ0v) is 11.0. The largest absolute Gasteiger partial charge is 0.481 e. The molecule has 0 spiro atoms. The van der Waals surface area contributed by atoms with Crippen LogP contribution in [0.1, 0.15) is 25.3 Å². The lowest BCUT2D eigenvalue weighted by Crippen LogP contribution is -2.08. The second-order valence-electron chi connectivity index (χ2n) is 4.97. The van der Waals surface area contributed by atoms with E-state index in [1.165, 1.54) is 4.57 Å². The molecule has 0 fully saturated rings. The predicted octanol–water partition coefficient (Wildman–Crippen LogP) is 2.17. The molecule has 0 saturated carbocycles. The average molecular weight is 263 g/mol. The number of carboxylic acids is 1. The standard InChI is InChI=1S/C14H17NO4/c1-9(7-13(16)17)3-4-10-5-6-11-12(8-10)19-14(18)15(11)2/h5-6,8-9H,3-4,7H2,1-2H3,(H,16,17). The number of benzene rings is 1. The molecule has 1 unspecified atom stereocenters. The molecule has 0 bridgehead atoms. The van der Waals surface area contributed by atoms with Gasteiger partial charge in [0.15, 0.2) is 5.58 Å². The van der Waals surface area contributed by atoms with E-state index in [1.54, 1.807) is 7.05 Å². The third-order valence-corrected chi connectivity index (χ3v) is 3.31. The lowest BCUT2D eigenvalue weighted by atomic mass is 9.98. The van der Waals surface area contributed by atoms with Gasteiger partial charge in [0.2, 0.25) is 0 Å². The van der Waals surface area contributed by atoms with Gasteiger partial charge in [0.1, 0.15) is 0 Å². The molecular formula is C14H17NO4. The number of fused-ring (bicyclic) bond motifs is 1. The minimum Gasteiger partial charge on any atom is -0.481 e. The van der Waals surface area contributed by atoms with Crippen LogP contribution < -0.4 is 5.76 Å². The van der Waals surface area contributed by atoms with E-state index in [1.807, 2.05) is 25.1 Å². The predicted molar refractivity (Wildman–Crippen MR) is 71.2 cm³/mol. The van der Waals surface area contributed by atoms with Crippen LogP contribution in [0.5, 0.6) is 0 Å². The van der Waals surface area contributed by atoms with Crippen LogP contribution in [0.4, 0.5) is 0 Å². The van der Waals surface area contributed by atoms with Crippen molar-refractivity contribution < 1.29 is 14.3 Å². The normalized spacial score (nSPS) is 12.7. The number of aryl methyl sites for hydroxylation is 2. The van der Waals surface area contributed by atoms with Crippen molar-refractivity contribution in [2.75, 3.05) is 0 Å². The van der Waals surface area contributed by atoms with E-state index in [-0.39, 0.29) is 18.1 Å². The number of carbonyl (C=O) groups is 1. The van der Waals surface area contributed by atoms with Crippen LogP contribution in [0.3, 0.4) is 0 Å². The summed E-state index contributed by atoms with van der Waals surface area (Å²) in [6.45, 7) is 1.93. The molecule has 5 heteroatoms. The number of hydrogen-bond donors (Lipinski definition) is 1. The fourth-order valence-electron chi connectivity index (χ4n) is 2.15. The number of hydrogen-bond acceptors (Lipinski definition) is 3. The molecule has 2 aromatic rings. The fraction of sp³-hybridized carbons (Fsp3) is 0.429. The number of carboxylic acid groups (broad SMARTS) is 1. The molecule has 19 heavy (non-hydrogen) atoms. The van der Waals surface area contributed by atoms with Crippen molar-refractivity contribution in [3.05, 3.63) is 34.3 Å².